The second kappa shape index (κ2) is 7.25. The van der Waals surface area contributed by atoms with E-state index in [2.05, 4.69) is 24.5 Å². The number of ether oxygens (including phenoxy) is 1. The second-order valence-corrected chi connectivity index (χ2v) is 5.51. The maximum Gasteiger partial charge on any atom is 0.0468 e. The molecule has 0 saturated carbocycles. The minimum absolute atomic E-state index is 0.406. The lowest BCUT2D eigenvalue weighted by molar-refractivity contribution is 0.0229. The van der Waals surface area contributed by atoms with Gasteiger partial charge in [-0.3, -0.25) is 0 Å². The fraction of sp³-hybridized carbons (Fsp3) is 1.00. The van der Waals surface area contributed by atoms with Crippen molar-refractivity contribution in [2.24, 2.45) is 11.3 Å². The van der Waals surface area contributed by atoms with Gasteiger partial charge in [-0.05, 0) is 50.7 Å². The van der Waals surface area contributed by atoms with Crippen LogP contribution in [0.5, 0.6) is 0 Å². The number of hydrogen-bond acceptors (Lipinski definition) is 3. The molecule has 0 bridgehead atoms. The summed E-state index contributed by atoms with van der Waals surface area (Å²) in [5.74, 6) is 0.818. The molecule has 1 rings (SSSR count). The summed E-state index contributed by atoms with van der Waals surface area (Å²) >= 11 is 0. The number of nitrogens with one attached hydrogen (secondary N) is 2. The quantitative estimate of drug-likeness (QED) is 0.650. The van der Waals surface area contributed by atoms with Crippen molar-refractivity contribution in [1.29, 1.82) is 0 Å². The SMILES string of the molecule is CNCCCNCC(C)(C)C1CCOCC1. The molecule has 3 heteroatoms. The van der Waals surface area contributed by atoms with E-state index in [4.69, 9.17) is 4.74 Å². The molecule has 0 spiro atoms. The molecular weight excluding hydrogens is 200 g/mol. The van der Waals surface area contributed by atoms with Gasteiger partial charge in [-0.25, -0.2) is 0 Å². The fourth-order valence-corrected chi connectivity index (χ4v) is 2.42. The Bertz CT molecular complexity index is 177. The van der Waals surface area contributed by atoms with Gasteiger partial charge in [-0.15, -0.1) is 0 Å². The van der Waals surface area contributed by atoms with Crippen LogP contribution in [-0.4, -0.2) is 39.9 Å². The van der Waals surface area contributed by atoms with Crippen LogP contribution in [0.3, 0.4) is 0 Å². The van der Waals surface area contributed by atoms with Gasteiger partial charge in [0.2, 0.25) is 0 Å². The predicted octanol–water partition coefficient (Wildman–Crippen LogP) is 1.64. The summed E-state index contributed by atoms with van der Waals surface area (Å²) in [4.78, 5) is 0. The van der Waals surface area contributed by atoms with Crippen LogP contribution in [-0.2, 0) is 4.74 Å². The molecule has 1 fully saturated rings. The Labute approximate surface area is 100 Å². The van der Waals surface area contributed by atoms with Crippen LogP contribution in [0.1, 0.15) is 33.1 Å². The summed E-state index contributed by atoms with van der Waals surface area (Å²) in [6, 6.07) is 0. The number of hydrogen-bond donors (Lipinski definition) is 2. The zero-order valence-corrected chi connectivity index (χ0v) is 11.1. The number of rotatable bonds is 7. The van der Waals surface area contributed by atoms with Crippen LogP contribution in [0.15, 0.2) is 0 Å². The molecule has 3 nitrogen and oxygen atoms in total. The molecule has 0 aromatic heterocycles. The van der Waals surface area contributed by atoms with Gasteiger partial charge in [0.05, 0.1) is 0 Å². The van der Waals surface area contributed by atoms with Crippen LogP contribution in [0, 0.1) is 11.3 Å². The standard InChI is InChI=1S/C13H28N2O/c1-13(2,11-15-8-4-7-14-3)12-5-9-16-10-6-12/h12,14-15H,4-11H2,1-3H3. The van der Waals surface area contributed by atoms with E-state index in [9.17, 15) is 0 Å². The Morgan fingerprint density at radius 2 is 1.88 bits per heavy atom. The first-order valence-electron chi connectivity index (χ1n) is 6.60. The molecule has 0 atom stereocenters. The first-order valence-corrected chi connectivity index (χ1v) is 6.60. The average molecular weight is 228 g/mol. The minimum Gasteiger partial charge on any atom is -0.381 e. The molecule has 0 unspecified atom stereocenters. The van der Waals surface area contributed by atoms with E-state index in [0.717, 1.165) is 38.8 Å². The Morgan fingerprint density at radius 3 is 2.50 bits per heavy atom. The Kier molecular flexibility index (Phi) is 6.32. The third kappa shape index (κ3) is 4.81. The summed E-state index contributed by atoms with van der Waals surface area (Å²) in [6.45, 7) is 10.0. The maximum atomic E-state index is 5.42. The first-order chi connectivity index (χ1) is 7.67. The third-order valence-corrected chi connectivity index (χ3v) is 3.69. The molecular formula is C13H28N2O. The lowest BCUT2D eigenvalue weighted by atomic mass is 9.74. The van der Waals surface area contributed by atoms with Gasteiger partial charge >= 0.3 is 0 Å². The topological polar surface area (TPSA) is 33.3 Å². The highest BCUT2D eigenvalue weighted by molar-refractivity contribution is 4.82. The van der Waals surface area contributed by atoms with Gasteiger partial charge in [-0.1, -0.05) is 13.8 Å². The largest absolute Gasteiger partial charge is 0.381 e. The van der Waals surface area contributed by atoms with Crippen molar-refractivity contribution >= 4 is 0 Å². The molecule has 96 valence electrons. The third-order valence-electron chi connectivity index (χ3n) is 3.69. The van der Waals surface area contributed by atoms with Gasteiger partial charge in [-0.2, -0.15) is 0 Å². The van der Waals surface area contributed by atoms with Gasteiger partial charge in [0.15, 0.2) is 0 Å². The van der Waals surface area contributed by atoms with Crippen molar-refractivity contribution in [3.63, 3.8) is 0 Å². The van der Waals surface area contributed by atoms with Crippen molar-refractivity contribution in [3.05, 3.63) is 0 Å². The van der Waals surface area contributed by atoms with E-state index in [1.807, 2.05) is 7.05 Å². The highest BCUT2D eigenvalue weighted by Crippen LogP contribution is 2.33. The van der Waals surface area contributed by atoms with E-state index >= 15 is 0 Å². The van der Waals surface area contributed by atoms with Gasteiger partial charge in [0.25, 0.3) is 0 Å². The van der Waals surface area contributed by atoms with Crippen LogP contribution in [0.4, 0.5) is 0 Å². The van der Waals surface area contributed by atoms with Crippen molar-refractivity contribution in [1.82, 2.24) is 10.6 Å². The first kappa shape index (κ1) is 13.9. The molecule has 0 radical (unpaired) electrons. The molecule has 0 aromatic carbocycles. The molecule has 16 heavy (non-hydrogen) atoms. The summed E-state index contributed by atoms with van der Waals surface area (Å²) in [6.07, 6.45) is 3.66. The normalized spacial score (nSPS) is 18.9. The maximum absolute atomic E-state index is 5.42. The van der Waals surface area contributed by atoms with E-state index in [1.165, 1.54) is 19.3 Å². The van der Waals surface area contributed by atoms with E-state index in [-0.39, 0.29) is 0 Å². The van der Waals surface area contributed by atoms with Crippen LogP contribution in [0.25, 0.3) is 0 Å². The molecule has 1 saturated heterocycles. The summed E-state index contributed by atoms with van der Waals surface area (Å²) in [5, 5.41) is 6.75. The smallest absolute Gasteiger partial charge is 0.0468 e. The average Bonchev–Trinajstić information content (AvgIpc) is 2.30. The fourth-order valence-electron chi connectivity index (χ4n) is 2.42. The van der Waals surface area contributed by atoms with Gasteiger partial charge < -0.3 is 15.4 Å². The molecule has 1 aliphatic heterocycles. The van der Waals surface area contributed by atoms with E-state index < -0.39 is 0 Å². The van der Waals surface area contributed by atoms with Crippen LogP contribution in [0.2, 0.25) is 0 Å². The molecule has 1 heterocycles. The predicted molar refractivity (Wildman–Crippen MR) is 68.7 cm³/mol. The van der Waals surface area contributed by atoms with Crippen molar-refractivity contribution in [2.45, 2.75) is 33.1 Å². The zero-order chi connectivity index (χ0) is 11.9. The van der Waals surface area contributed by atoms with Gasteiger partial charge in [0.1, 0.15) is 0 Å². The molecule has 0 aromatic rings. The lowest BCUT2D eigenvalue weighted by Crippen LogP contribution is -2.39. The van der Waals surface area contributed by atoms with Crippen molar-refractivity contribution in [3.8, 4) is 0 Å². The molecule has 0 amide bonds. The zero-order valence-electron chi connectivity index (χ0n) is 11.1. The Hall–Kier alpha value is -0.120. The Balaban J connectivity index is 2.16. The van der Waals surface area contributed by atoms with Crippen molar-refractivity contribution in [2.75, 3.05) is 39.9 Å². The molecule has 2 N–H and O–H groups in total. The molecule has 0 aliphatic carbocycles. The van der Waals surface area contributed by atoms with Gasteiger partial charge in [0, 0.05) is 19.8 Å². The highest BCUT2D eigenvalue weighted by atomic mass is 16.5. The van der Waals surface area contributed by atoms with E-state index in [0.29, 0.717) is 5.41 Å². The highest BCUT2D eigenvalue weighted by Gasteiger charge is 2.30. The minimum atomic E-state index is 0.406. The summed E-state index contributed by atoms with van der Waals surface area (Å²) in [7, 11) is 2.01. The Morgan fingerprint density at radius 1 is 1.19 bits per heavy atom. The summed E-state index contributed by atoms with van der Waals surface area (Å²) in [5.41, 5.74) is 0.406. The lowest BCUT2D eigenvalue weighted by Gasteiger charge is -2.37. The second-order valence-electron chi connectivity index (χ2n) is 5.51. The van der Waals surface area contributed by atoms with Crippen LogP contribution >= 0.6 is 0 Å². The van der Waals surface area contributed by atoms with Crippen molar-refractivity contribution < 1.29 is 4.74 Å². The van der Waals surface area contributed by atoms with Crippen LogP contribution < -0.4 is 10.6 Å². The molecule has 1 aliphatic rings. The van der Waals surface area contributed by atoms with E-state index in [1.54, 1.807) is 0 Å². The summed E-state index contributed by atoms with van der Waals surface area (Å²) < 4.78 is 5.42. The monoisotopic (exact) mass is 228 g/mol.